The van der Waals surface area contributed by atoms with Crippen molar-refractivity contribution in [2.24, 2.45) is 0 Å². The molecule has 0 radical (unpaired) electrons. The molecule has 1 aliphatic carbocycles. The van der Waals surface area contributed by atoms with Crippen LogP contribution in [0.5, 0.6) is 28.7 Å². The van der Waals surface area contributed by atoms with Crippen LogP contribution in [0.25, 0.3) is 21.9 Å². The standard InChI is InChI=1S/C31H28O6/c1-35-27-15-26-22(14-25(34)31(37-26)21-10-11-23(32)30-20(21)7-4-12-36-30)19-9-8-16-13-24(33)17-5-2-3-6-18(17)28(16)29(19)27/h2-3,5-6,10-11,13,15,25,31-34H,4,7-9,12,14H2,1H3. The number of hydrogen-bond acceptors (Lipinski definition) is 6. The van der Waals surface area contributed by atoms with Crippen LogP contribution in [0.4, 0.5) is 0 Å². The van der Waals surface area contributed by atoms with E-state index in [-0.39, 0.29) is 11.5 Å². The highest BCUT2D eigenvalue weighted by Gasteiger charge is 2.37. The maximum Gasteiger partial charge on any atom is 0.164 e. The van der Waals surface area contributed by atoms with E-state index in [4.69, 9.17) is 14.2 Å². The molecule has 2 unspecified atom stereocenters. The summed E-state index contributed by atoms with van der Waals surface area (Å²) >= 11 is 0. The van der Waals surface area contributed by atoms with Crippen LogP contribution in [0.1, 0.15) is 40.3 Å². The Labute approximate surface area is 214 Å². The van der Waals surface area contributed by atoms with E-state index in [9.17, 15) is 15.3 Å². The molecule has 7 rings (SSSR count). The molecule has 188 valence electrons. The maximum atomic E-state index is 11.4. The van der Waals surface area contributed by atoms with Gasteiger partial charge >= 0.3 is 0 Å². The molecular formula is C31H28O6. The summed E-state index contributed by atoms with van der Waals surface area (Å²) in [5.74, 6) is 2.35. The molecule has 0 fully saturated rings. The SMILES string of the molecule is COc1cc2c(c3c1-c1c(cc(O)c4ccccc14)CC3)CC(O)C(c1ccc(O)c3c1CCCO3)O2. The second kappa shape index (κ2) is 8.32. The van der Waals surface area contributed by atoms with Crippen molar-refractivity contribution in [3.8, 4) is 39.9 Å². The van der Waals surface area contributed by atoms with Crippen molar-refractivity contribution in [1.82, 2.24) is 0 Å². The molecule has 0 saturated carbocycles. The molecule has 3 aliphatic rings. The van der Waals surface area contributed by atoms with Crippen LogP contribution < -0.4 is 14.2 Å². The summed E-state index contributed by atoms with van der Waals surface area (Å²) in [5, 5.41) is 34.2. The lowest BCUT2D eigenvalue weighted by Gasteiger charge is -2.36. The molecule has 0 aromatic heterocycles. The van der Waals surface area contributed by atoms with Crippen molar-refractivity contribution >= 4 is 10.8 Å². The van der Waals surface area contributed by atoms with Gasteiger partial charge in [-0.15, -0.1) is 0 Å². The van der Waals surface area contributed by atoms with E-state index in [0.717, 1.165) is 86.9 Å². The quantitative estimate of drug-likeness (QED) is 0.345. The number of phenols is 2. The van der Waals surface area contributed by atoms with Crippen molar-refractivity contribution in [1.29, 1.82) is 0 Å². The Morgan fingerprint density at radius 3 is 2.54 bits per heavy atom. The summed E-state index contributed by atoms with van der Waals surface area (Å²) in [6.45, 7) is 0.568. The third-order valence-corrected chi connectivity index (χ3v) is 8.11. The highest BCUT2D eigenvalue weighted by molar-refractivity contribution is 6.04. The normalized spacial score (nSPS) is 19.6. The Hall–Kier alpha value is -3.90. The summed E-state index contributed by atoms with van der Waals surface area (Å²) in [4.78, 5) is 0. The number of rotatable bonds is 2. The average molecular weight is 497 g/mol. The molecule has 4 aromatic rings. The van der Waals surface area contributed by atoms with Gasteiger partial charge in [0.2, 0.25) is 0 Å². The first-order chi connectivity index (χ1) is 18.0. The van der Waals surface area contributed by atoms with Gasteiger partial charge in [-0.2, -0.15) is 0 Å². The van der Waals surface area contributed by atoms with Gasteiger partial charge < -0.3 is 29.5 Å². The number of aliphatic hydroxyl groups excluding tert-OH is 1. The molecule has 6 heteroatoms. The van der Waals surface area contributed by atoms with E-state index < -0.39 is 12.2 Å². The summed E-state index contributed by atoms with van der Waals surface area (Å²) < 4.78 is 18.2. The fourth-order valence-electron chi connectivity index (χ4n) is 6.47. The minimum atomic E-state index is -0.751. The van der Waals surface area contributed by atoms with Crippen LogP contribution in [-0.2, 0) is 25.7 Å². The number of aryl methyl sites for hydroxylation is 1. The third kappa shape index (κ3) is 3.28. The molecule has 3 N–H and O–H groups in total. The number of ether oxygens (including phenoxy) is 3. The van der Waals surface area contributed by atoms with Gasteiger partial charge in [-0.1, -0.05) is 30.3 Å². The van der Waals surface area contributed by atoms with Crippen LogP contribution in [-0.4, -0.2) is 35.1 Å². The van der Waals surface area contributed by atoms with Gasteiger partial charge in [-0.25, -0.2) is 0 Å². The number of aromatic hydroxyl groups is 2. The molecule has 0 spiro atoms. The number of fused-ring (bicyclic) bond motifs is 8. The summed E-state index contributed by atoms with van der Waals surface area (Å²) in [5.41, 5.74) is 7.09. The average Bonchev–Trinajstić information content (AvgIpc) is 2.93. The second-order valence-corrected chi connectivity index (χ2v) is 10.1. The van der Waals surface area contributed by atoms with Gasteiger partial charge in [0.25, 0.3) is 0 Å². The van der Waals surface area contributed by atoms with Gasteiger partial charge in [0.15, 0.2) is 17.6 Å². The van der Waals surface area contributed by atoms with E-state index in [0.29, 0.717) is 18.8 Å². The number of methoxy groups -OCH3 is 1. The van der Waals surface area contributed by atoms with Crippen molar-refractivity contribution in [2.45, 2.75) is 44.3 Å². The first-order valence-electron chi connectivity index (χ1n) is 12.8. The highest BCUT2D eigenvalue weighted by atomic mass is 16.5. The fourth-order valence-corrected chi connectivity index (χ4v) is 6.47. The minimum Gasteiger partial charge on any atom is -0.507 e. The topological polar surface area (TPSA) is 88.4 Å². The molecule has 2 atom stereocenters. The Kier molecular flexibility index (Phi) is 5.01. The van der Waals surface area contributed by atoms with Crippen LogP contribution in [0.15, 0.2) is 48.5 Å². The van der Waals surface area contributed by atoms with E-state index in [2.05, 4.69) is 0 Å². The number of hydrogen-bond donors (Lipinski definition) is 3. The number of benzene rings is 4. The van der Waals surface area contributed by atoms with Gasteiger partial charge in [-0.3, -0.25) is 0 Å². The van der Waals surface area contributed by atoms with Gasteiger partial charge in [0.05, 0.1) is 19.8 Å². The molecule has 0 saturated heterocycles. The van der Waals surface area contributed by atoms with Crippen LogP contribution >= 0.6 is 0 Å². The second-order valence-electron chi connectivity index (χ2n) is 10.1. The summed E-state index contributed by atoms with van der Waals surface area (Å²) in [6.07, 6.45) is 2.30. The lowest BCUT2D eigenvalue weighted by Crippen LogP contribution is -2.32. The first-order valence-corrected chi connectivity index (χ1v) is 12.8. The zero-order chi connectivity index (χ0) is 25.3. The van der Waals surface area contributed by atoms with Crippen LogP contribution in [0.3, 0.4) is 0 Å². The van der Waals surface area contributed by atoms with E-state index in [1.54, 1.807) is 13.2 Å². The van der Waals surface area contributed by atoms with E-state index >= 15 is 0 Å². The fraction of sp³-hybridized carbons (Fsp3) is 0.290. The predicted molar refractivity (Wildman–Crippen MR) is 140 cm³/mol. The minimum absolute atomic E-state index is 0.122. The smallest absolute Gasteiger partial charge is 0.164 e. The van der Waals surface area contributed by atoms with Crippen molar-refractivity contribution in [3.63, 3.8) is 0 Å². The Balaban J connectivity index is 1.39. The first kappa shape index (κ1) is 22.3. The molecular weight excluding hydrogens is 468 g/mol. The number of aliphatic hydroxyl groups is 1. The zero-order valence-corrected chi connectivity index (χ0v) is 20.6. The maximum absolute atomic E-state index is 11.4. The van der Waals surface area contributed by atoms with Gasteiger partial charge in [0, 0.05) is 40.1 Å². The Morgan fingerprint density at radius 1 is 0.865 bits per heavy atom. The lowest BCUT2D eigenvalue weighted by molar-refractivity contribution is 0.0194. The Bertz CT molecular complexity index is 1570. The molecule has 0 bridgehead atoms. The Morgan fingerprint density at radius 2 is 1.70 bits per heavy atom. The zero-order valence-electron chi connectivity index (χ0n) is 20.6. The van der Waals surface area contributed by atoms with Gasteiger partial charge in [0.1, 0.15) is 17.2 Å². The largest absolute Gasteiger partial charge is 0.507 e. The number of phenolic OH excluding ortho intramolecular Hbond substituents is 2. The third-order valence-electron chi connectivity index (χ3n) is 8.11. The van der Waals surface area contributed by atoms with E-state index in [1.807, 2.05) is 42.5 Å². The highest BCUT2D eigenvalue weighted by Crippen LogP contribution is 2.52. The van der Waals surface area contributed by atoms with Crippen molar-refractivity contribution in [2.75, 3.05) is 13.7 Å². The van der Waals surface area contributed by atoms with Crippen molar-refractivity contribution in [3.05, 3.63) is 76.3 Å². The van der Waals surface area contributed by atoms with Gasteiger partial charge in [-0.05, 0) is 59.9 Å². The lowest BCUT2D eigenvalue weighted by atomic mass is 9.78. The molecule has 0 amide bonds. The van der Waals surface area contributed by atoms with Crippen LogP contribution in [0.2, 0.25) is 0 Å². The molecule has 4 aromatic carbocycles. The molecule has 6 nitrogen and oxygen atoms in total. The molecule has 2 heterocycles. The predicted octanol–water partition coefficient (Wildman–Crippen LogP) is 5.39. The van der Waals surface area contributed by atoms with Crippen molar-refractivity contribution < 1.29 is 29.5 Å². The summed E-state index contributed by atoms with van der Waals surface area (Å²) in [7, 11) is 1.67. The molecule has 2 aliphatic heterocycles. The van der Waals surface area contributed by atoms with E-state index in [1.165, 1.54) is 0 Å². The molecule has 37 heavy (non-hydrogen) atoms. The van der Waals surface area contributed by atoms with Crippen LogP contribution in [0, 0.1) is 0 Å². The monoisotopic (exact) mass is 496 g/mol. The summed E-state index contributed by atoms with van der Waals surface area (Å²) in [6, 6.07) is 15.2.